The summed E-state index contributed by atoms with van der Waals surface area (Å²) >= 11 is 0. The van der Waals surface area contributed by atoms with E-state index >= 15 is 0 Å². The van der Waals surface area contributed by atoms with E-state index in [1.54, 1.807) is 10.4 Å². The molecule has 0 aliphatic carbocycles. The van der Waals surface area contributed by atoms with E-state index in [-0.39, 0.29) is 0 Å². The van der Waals surface area contributed by atoms with E-state index in [1.807, 2.05) is 18.3 Å². The molecule has 0 spiro atoms. The Morgan fingerprint density at radius 2 is 1.33 bits per heavy atom. The molecule has 0 atom stereocenters. The third kappa shape index (κ3) is 2.56. The van der Waals surface area contributed by atoms with Gasteiger partial charge >= 0.3 is 0 Å². The van der Waals surface area contributed by atoms with E-state index in [1.165, 1.54) is 22.3 Å². The van der Waals surface area contributed by atoms with E-state index in [0.717, 1.165) is 11.3 Å². The van der Waals surface area contributed by atoms with Gasteiger partial charge in [0.15, 0.2) is 0 Å². The first-order valence-corrected chi connectivity index (χ1v) is 12.4. The summed E-state index contributed by atoms with van der Waals surface area (Å²) in [7, 11) is -1.58. The maximum absolute atomic E-state index is 4.50. The van der Waals surface area contributed by atoms with Gasteiger partial charge in [0.2, 0.25) is 0 Å². The second kappa shape index (κ2) is 6.03. The maximum atomic E-state index is 4.50. The number of aromatic nitrogens is 1. The Kier molecular flexibility index (Phi) is 3.63. The van der Waals surface area contributed by atoms with Crippen molar-refractivity contribution in [2.24, 2.45) is 0 Å². The summed E-state index contributed by atoms with van der Waals surface area (Å²) in [5.41, 5.74) is 7.52. The van der Waals surface area contributed by atoms with Crippen LogP contribution in [0, 0.1) is 0 Å². The van der Waals surface area contributed by atoms with Crippen molar-refractivity contribution in [3.63, 3.8) is 0 Å². The molecule has 1 nitrogen and oxygen atoms in total. The summed E-state index contributed by atoms with van der Waals surface area (Å²) in [6.45, 7) is 4.91. The number of rotatable bonds is 2. The van der Waals surface area contributed by atoms with Crippen molar-refractivity contribution in [3.8, 4) is 33.5 Å². The summed E-state index contributed by atoms with van der Waals surface area (Å²) in [5.74, 6) is 0. The molecule has 0 saturated carbocycles. The first kappa shape index (κ1) is 16.2. The first-order chi connectivity index (χ1) is 13.1. The third-order valence-corrected chi connectivity index (χ3v) is 9.31. The highest BCUT2D eigenvalue weighted by atomic mass is 28.3. The Bertz CT molecular complexity index is 1150. The second-order valence-electron chi connectivity index (χ2n) is 7.73. The third-order valence-electron chi connectivity index (χ3n) is 5.74. The van der Waals surface area contributed by atoms with Gasteiger partial charge in [-0.05, 0) is 56.9 Å². The molecule has 0 saturated heterocycles. The summed E-state index contributed by atoms with van der Waals surface area (Å²) in [4.78, 5) is 4.50. The molecule has 0 bridgehead atoms. The minimum absolute atomic E-state index is 1.01. The predicted octanol–water partition coefficient (Wildman–Crippen LogP) is 5.22. The average Bonchev–Trinajstić information content (AvgIpc) is 2.96. The van der Waals surface area contributed by atoms with Crippen LogP contribution in [-0.4, -0.2) is 13.1 Å². The van der Waals surface area contributed by atoms with Crippen LogP contribution in [-0.2, 0) is 0 Å². The largest absolute Gasteiger partial charge is 0.256 e. The highest BCUT2D eigenvalue weighted by molar-refractivity contribution is 7.03. The fourth-order valence-corrected chi connectivity index (χ4v) is 7.37. The van der Waals surface area contributed by atoms with Crippen molar-refractivity contribution in [2.45, 2.75) is 13.1 Å². The van der Waals surface area contributed by atoms with Crippen LogP contribution < -0.4 is 10.4 Å². The second-order valence-corrected chi connectivity index (χ2v) is 12.1. The molecule has 0 unspecified atom stereocenters. The van der Waals surface area contributed by atoms with Crippen LogP contribution in [0.3, 0.4) is 0 Å². The molecule has 0 N–H and O–H groups in total. The summed E-state index contributed by atoms with van der Waals surface area (Å²) in [5, 5.41) is 3.10. The first-order valence-electron chi connectivity index (χ1n) is 9.41. The Labute approximate surface area is 161 Å². The van der Waals surface area contributed by atoms with Crippen molar-refractivity contribution < 1.29 is 0 Å². The number of benzene rings is 3. The van der Waals surface area contributed by atoms with Crippen molar-refractivity contribution in [1.29, 1.82) is 0 Å². The van der Waals surface area contributed by atoms with E-state index < -0.39 is 8.07 Å². The van der Waals surface area contributed by atoms with Gasteiger partial charge in [-0.25, -0.2) is 0 Å². The van der Waals surface area contributed by atoms with E-state index in [9.17, 15) is 0 Å². The van der Waals surface area contributed by atoms with Gasteiger partial charge in [0.25, 0.3) is 0 Å². The van der Waals surface area contributed by atoms with Crippen molar-refractivity contribution in [2.75, 3.05) is 0 Å². The molecule has 130 valence electrons. The lowest BCUT2D eigenvalue weighted by atomic mass is 9.97. The summed E-state index contributed by atoms with van der Waals surface area (Å²) in [6, 6.07) is 30.7. The molecule has 27 heavy (non-hydrogen) atoms. The van der Waals surface area contributed by atoms with Crippen molar-refractivity contribution >= 4 is 18.4 Å². The molecular weight excluding hydrogens is 342 g/mol. The van der Waals surface area contributed by atoms with Crippen LogP contribution in [0.5, 0.6) is 0 Å². The van der Waals surface area contributed by atoms with E-state index in [0.29, 0.717) is 0 Å². The molecule has 3 aromatic carbocycles. The number of fused-ring (bicyclic) bond motifs is 3. The van der Waals surface area contributed by atoms with Gasteiger partial charge in [-0.1, -0.05) is 73.8 Å². The fourth-order valence-electron chi connectivity index (χ4n) is 4.29. The molecular formula is C25H21NSi. The molecule has 1 aliphatic heterocycles. The molecule has 0 amide bonds. The van der Waals surface area contributed by atoms with Crippen molar-refractivity contribution in [3.05, 3.63) is 91.1 Å². The Morgan fingerprint density at radius 3 is 2.19 bits per heavy atom. The zero-order valence-corrected chi connectivity index (χ0v) is 16.6. The maximum Gasteiger partial charge on any atom is 0.113 e. The zero-order chi connectivity index (χ0) is 18.4. The van der Waals surface area contributed by atoms with Gasteiger partial charge in [-0.3, -0.25) is 4.98 Å². The zero-order valence-electron chi connectivity index (χ0n) is 15.6. The number of hydrogen-bond donors (Lipinski definition) is 0. The van der Waals surface area contributed by atoms with Gasteiger partial charge < -0.3 is 0 Å². The normalized spacial score (nSPS) is 13.9. The minimum atomic E-state index is -1.58. The van der Waals surface area contributed by atoms with Crippen LogP contribution in [0.4, 0.5) is 0 Å². The minimum Gasteiger partial charge on any atom is -0.256 e. The molecule has 0 radical (unpaired) electrons. The monoisotopic (exact) mass is 363 g/mol. The quantitative estimate of drug-likeness (QED) is 0.445. The lowest BCUT2D eigenvalue weighted by molar-refractivity contribution is 1.33. The molecule has 2 heterocycles. The smallest absolute Gasteiger partial charge is 0.113 e. The van der Waals surface area contributed by atoms with Crippen LogP contribution in [0.2, 0.25) is 13.1 Å². The highest BCUT2D eigenvalue weighted by Crippen LogP contribution is 2.32. The van der Waals surface area contributed by atoms with Gasteiger partial charge in [0, 0.05) is 11.8 Å². The molecule has 0 fully saturated rings. The number of hydrogen-bond acceptors (Lipinski definition) is 1. The molecule has 4 aromatic rings. The number of nitrogens with zero attached hydrogens (tertiary/aromatic N) is 1. The summed E-state index contributed by atoms with van der Waals surface area (Å²) < 4.78 is 0. The Morgan fingerprint density at radius 1 is 0.593 bits per heavy atom. The topological polar surface area (TPSA) is 12.9 Å². The van der Waals surface area contributed by atoms with Gasteiger partial charge in [0.1, 0.15) is 8.07 Å². The van der Waals surface area contributed by atoms with Gasteiger partial charge in [-0.15, -0.1) is 0 Å². The van der Waals surface area contributed by atoms with E-state index in [4.69, 9.17) is 0 Å². The molecule has 1 aromatic heterocycles. The van der Waals surface area contributed by atoms with Crippen LogP contribution >= 0.6 is 0 Å². The molecule has 5 rings (SSSR count). The van der Waals surface area contributed by atoms with Crippen LogP contribution in [0.15, 0.2) is 91.1 Å². The fraction of sp³-hybridized carbons (Fsp3) is 0.0800. The Hall–Kier alpha value is -2.97. The lowest BCUT2D eigenvalue weighted by Gasteiger charge is -2.18. The van der Waals surface area contributed by atoms with Crippen LogP contribution in [0.25, 0.3) is 33.5 Å². The summed E-state index contributed by atoms with van der Waals surface area (Å²) in [6.07, 6.45) is 1.85. The molecule has 2 heteroatoms. The average molecular weight is 364 g/mol. The number of pyridine rings is 1. The Balaban J connectivity index is 1.64. The SMILES string of the molecule is C[Si]1(C)c2ccccc2-c2cc(-c3cccc(-c4ccccn4)c3)ccc21. The van der Waals surface area contributed by atoms with Gasteiger partial charge in [0.05, 0.1) is 5.69 Å². The van der Waals surface area contributed by atoms with Crippen LogP contribution in [0.1, 0.15) is 0 Å². The predicted molar refractivity (Wildman–Crippen MR) is 117 cm³/mol. The molecule has 1 aliphatic rings. The van der Waals surface area contributed by atoms with Crippen molar-refractivity contribution in [1.82, 2.24) is 4.98 Å². The van der Waals surface area contributed by atoms with E-state index in [2.05, 4.69) is 90.9 Å². The lowest BCUT2D eigenvalue weighted by Crippen LogP contribution is -2.49. The van der Waals surface area contributed by atoms with Gasteiger partial charge in [-0.2, -0.15) is 0 Å². The standard InChI is InChI=1S/C25H21NSi/c1-27(2)24-12-4-3-10-21(24)22-17-19(13-14-25(22)27)18-8-7-9-20(16-18)23-11-5-6-15-26-23/h3-17H,1-2H3. The highest BCUT2D eigenvalue weighted by Gasteiger charge is 2.36.